The first-order valence-electron chi connectivity index (χ1n) is 14.2. The Morgan fingerprint density at radius 1 is 1.28 bits per heavy atom. The number of nitrogens with zero attached hydrogens (tertiary/aromatic N) is 2. The summed E-state index contributed by atoms with van der Waals surface area (Å²) in [6, 6.07) is 8.50. The number of aliphatic hydroxyl groups is 1. The molecule has 4 aliphatic rings. The van der Waals surface area contributed by atoms with Crippen molar-refractivity contribution in [2.75, 3.05) is 19.8 Å². The molecule has 2 amide bonds. The normalized spacial score (nSPS) is 32.6. The molecule has 5 rings (SSSR count). The number of carbonyl (C=O) groups excluding carboxylic acids is 3. The van der Waals surface area contributed by atoms with Gasteiger partial charge < -0.3 is 19.6 Å². The zero-order valence-electron chi connectivity index (χ0n) is 22.5. The molecule has 3 saturated heterocycles. The average molecular weight is 620 g/mol. The van der Waals surface area contributed by atoms with Gasteiger partial charge in [0, 0.05) is 22.7 Å². The van der Waals surface area contributed by atoms with E-state index in [4.69, 9.17) is 4.74 Å². The van der Waals surface area contributed by atoms with Gasteiger partial charge in [0.05, 0.1) is 35.8 Å². The van der Waals surface area contributed by atoms with E-state index in [1.807, 2.05) is 35.2 Å². The molecule has 1 aromatic carbocycles. The lowest BCUT2D eigenvalue weighted by Crippen LogP contribution is -2.59. The van der Waals surface area contributed by atoms with Crippen LogP contribution in [0.15, 0.2) is 43.0 Å². The summed E-state index contributed by atoms with van der Waals surface area (Å²) in [5.74, 6) is -1.94. The van der Waals surface area contributed by atoms with E-state index in [1.54, 1.807) is 29.7 Å². The summed E-state index contributed by atoms with van der Waals surface area (Å²) in [4.78, 5) is 46.1. The fourth-order valence-electron chi connectivity index (χ4n) is 7.49. The van der Waals surface area contributed by atoms with Gasteiger partial charge >= 0.3 is 5.97 Å². The molecule has 7 atom stereocenters. The highest BCUT2D eigenvalue weighted by Crippen LogP contribution is 2.68. The van der Waals surface area contributed by atoms with Gasteiger partial charge in [-0.25, -0.2) is 0 Å². The predicted molar refractivity (Wildman–Crippen MR) is 155 cm³/mol. The predicted octanol–water partition coefficient (Wildman–Crippen LogP) is 3.97. The van der Waals surface area contributed by atoms with Crippen LogP contribution in [0.1, 0.15) is 51.0 Å². The Morgan fingerprint density at radius 3 is 2.64 bits per heavy atom. The van der Waals surface area contributed by atoms with Gasteiger partial charge in [-0.05, 0) is 38.2 Å². The summed E-state index contributed by atoms with van der Waals surface area (Å²) in [5.41, 5.74) is 0.984. The number of esters is 1. The highest BCUT2D eigenvalue weighted by Gasteiger charge is 2.76. The van der Waals surface area contributed by atoms with E-state index in [1.165, 1.54) is 6.42 Å². The van der Waals surface area contributed by atoms with Gasteiger partial charge in [-0.15, -0.1) is 18.3 Å². The highest BCUT2D eigenvalue weighted by molar-refractivity contribution is 9.09. The Bertz CT molecular complexity index is 1080. The first-order valence-corrected chi connectivity index (χ1v) is 16.0. The SMILES string of the molecule is C=CCN(C(=O)C1N([C@@H](CO)Cc2ccccc2)C(=O)[C@@H]2[C@H](C(=O)OCC)[C@H]3SC12CC3Br)C1CCCCC1. The molecule has 1 aromatic rings. The van der Waals surface area contributed by atoms with Crippen molar-refractivity contribution in [3.63, 3.8) is 0 Å². The number of hydrogen-bond acceptors (Lipinski definition) is 6. The molecule has 1 spiro atoms. The zero-order valence-corrected chi connectivity index (χ0v) is 24.9. The molecule has 2 bridgehead atoms. The molecule has 3 aliphatic heterocycles. The van der Waals surface area contributed by atoms with Crippen LogP contribution in [0.2, 0.25) is 0 Å². The number of halogens is 1. The van der Waals surface area contributed by atoms with Crippen molar-refractivity contribution in [3.05, 3.63) is 48.6 Å². The van der Waals surface area contributed by atoms with Crippen molar-refractivity contribution >= 4 is 45.5 Å². The van der Waals surface area contributed by atoms with Gasteiger partial charge in [-0.3, -0.25) is 14.4 Å². The van der Waals surface area contributed by atoms with Crippen LogP contribution in [-0.2, 0) is 25.5 Å². The van der Waals surface area contributed by atoms with Crippen LogP contribution in [0.25, 0.3) is 0 Å². The molecule has 1 aliphatic carbocycles. The molecule has 0 aromatic heterocycles. The van der Waals surface area contributed by atoms with Crippen molar-refractivity contribution in [1.29, 1.82) is 0 Å². The van der Waals surface area contributed by atoms with E-state index in [0.717, 1.165) is 31.2 Å². The van der Waals surface area contributed by atoms with Gasteiger partial charge in [-0.1, -0.05) is 71.6 Å². The van der Waals surface area contributed by atoms with Crippen molar-refractivity contribution in [2.45, 2.75) is 84.8 Å². The van der Waals surface area contributed by atoms with Crippen molar-refractivity contribution in [1.82, 2.24) is 9.80 Å². The molecule has 3 unspecified atom stereocenters. The van der Waals surface area contributed by atoms with Crippen LogP contribution < -0.4 is 0 Å². The van der Waals surface area contributed by atoms with Crippen LogP contribution in [0.3, 0.4) is 0 Å². The van der Waals surface area contributed by atoms with Crippen LogP contribution >= 0.6 is 27.7 Å². The number of aliphatic hydroxyl groups excluding tert-OH is 1. The van der Waals surface area contributed by atoms with E-state index < -0.39 is 28.7 Å². The second-order valence-corrected chi connectivity index (χ2v) is 14.0. The molecule has 1 saturated carbocycles. The lowest BCUT2D eigenvalue weighted by Gasteiger charge is -2.42. The number of likely N-dealkylation sites (tertiary alicyclic amines) is 1. The molecular formula is C30H39BrN2O5S. The van der Waals surface area contributed by atoms with Gasteiger partial charge in [0.2, 0.25) is 11.8 Å². The second-order valence-electron chi connectivity index (χ2n) is 11.3. The molecule has 3 heterocycles. The number of amides is 2. The minimum absolute atomic E-state index is 0.0135. The lowest BCUT2D eigenvalue weighted by molar-refractivity contribution is -0.154. The minimum Gasteiger partial charge on any atom is -0.466 e. The number of alkyl halides is 1. The number of fused-ring (bicyclic) bond motifs is 1. The number of rotatable bonds is 10. The summed E-state index contributed by atoms with van der Waals surface area (Å²) in [5, 5.41) is 10.5. The largest absolute Gasteiger partial charge is 0.466 e. The van der Waals surface area contributed by atoms with E-state index in [-0.39, 0.29) is 47.1 Å². The Balaban J connectivity index is 1.58. The fraction of sp³-hybridized carbons (Fsp3) is 0.633. The summed E-state index contributed by atoms with van der Waals surface area (Å²) in [7, 11) is 0. The van der Waals surface area contributed by atoms with E-state index in [2.05, 4.69) is 22.5 Å². The van der Waals surface area contributed by atoms with Crippen molar-refractivity contribution in [3.8, 4) is 0 Å². The van der Waals surface area contributed by atoms with Crippen LogP contribution in [0.4, 0.5) is 0 Å². The maximum absolute atomic E-state index is 14.8. The minimum atomic E-state index is -0.771. The molecule has 0 radical (unpaired) electrons. The number of hydrogen-bond donors (Lipinski definition) is 1. The van der Waals surface area contributed by atoms with Gasteiger partial charge in [0.15, 0.2) is 0 Å². The number of carbonyl (C=O) groups is 3. The smallest absolute Gasteiger partial charge is 0.310 e. The van der Waals surface area contributed by atoms with Crippen LogP contribution in [0.5, 0.6) is 0 Å². The maximum atomic E-state index is 14.8. The lowest BCUT2D eigenvalue weighted by atomic mass is 9.71. The van der Waals surface area contributed by atoms with E-state index in [0.29, 0.717) is 19.4 Å². The number of thioether (sulfide) groups is 1. The monoisotopic (exact) mass is 618 g/mol. The quantitative estimate of drug-likeness (QED) is 0.243. The van der Waals surface area contributed by atoms with Gasteiger partial charge in [0.25, 0.3) is 0 Å². The summed E-state index contributed by atoms with van der Waals surface area (Å²) < 4.78 is 4.71. The first-order chi connectivity index (χ1) is 18.9. The summed E-state index contributed by atoms with van der Waals surface area (Å²) >= 11 is 5.42. The number of ether oxygens (including phenoxy) is 1. The third-order valence-electron chi connectivity index (χ3n) is 9.06. The molecule has 1 N–H and O–H groups in total. The van der Waals surface area contributed by atoms with E-state index >= 15 is 0 Å². The topological polar surface area (TPSA) is 87.2 Å². The van der Waals surface area contributed by atoms with Gasteiger partial charge in [0.1, 0.15) is 6.04 Å². The van der Waals surface area contributed by atoms with Crippen LogP contribution in [-0.4, -0.2) is 85.4 Å². The molecular weight excluding hydrogens is 580 g/mol. The molecule has 39 heavy (non-hydrogen) atoms. The summed E-state index contributed by atoms with van der Waals surface area (Å²) in [6.07, 6.45) is 7.99. The molecule has 9 heteroatoms. The van der Waals surface area contributed by atoms with Crippen molar-refractivity contribution < 1.29 is 24.2 Å². The maximum Gasteiger partial charge on any atom is 0.310 e. The standard InChI is InChI=1S/C30H39BrN2O5S/c1-3-15-32(20-13-9-6-10-14-20)28(36)26-30-17-22(31)25(39-30)23(29(37)38-4-2)24(30)27(35)33(26)21(18-34)16-19-11-7-5-8-12-19/h3,5,7-8,11-12,20-26,34H,1,4,6,9-10,13-18H2,2H3/t21-,22?,23+,24+,25+,26?,30?/m1/s1. The van der Waals surface area contributed by atoms with Gasteiger partial charge in [-0.2, -0.15) is 0 Å². The second kappa shape index (κ2) is 12.0. The Morgan fingerprint density at radius 2 is 2.00 bits per heavy atom. The highest BCUT2D eigenvalue weighted by atomic mass is 79.9. The molecule has 7 nitrogen and oxygen atoms in total. The zero-order chi connectivity index (χ0) is 27.7. The Hall–Kier alpha value is -1.84. The van der Waals surface area contributed by atoms with Crippen LogP contribution in [0, 0.1) is 11.8 Å². The molecule has 4 fully saturated rings. The third-order valence-corrected chi connectivity index (χ3v) is 12.3. The molecule has 212 valence electrons. The third kappa shape index (κ3) is 4.97. The summed E-state index contributed by atoms with van der Waals surface area (Å²) in [6.45, 7) is 6.09. The fourth-order valence-corrected chi connectivity index (χ4v) is 11.1. The van der Waals surface area contributed by atoms with Crippen molar-refractivity contribution in [2.24, 2.45) is 11.8 Å². The Labute approximate surface area is 243 Å². The van der Waals surface area contributed by atoms with E-state index in [9.17, 15) is 19.5 Å². The first kappa shape index (κ1) is 28.7. The number of benzene rings is 1. The average Bonchev–Trinajstić information content (AvgIpc) is 3.54. The Kier molecular flexibility index (Phi) is 8.79.